The van der Waals surface area contributed by atoms with E-state index in [-0.39, 0.29) is 42.3 Å². The minimum absolute atomic E-state index is 0.00614. The highest BCUT2D eigenvalue weighted by Gasteiger charge is 2.77. The quantitative estimate of drug-likeness (QED) is 0.222. The topological polar surface area (TPSA) is 106 Å². The lowest BCUT2D eigenvalue weighted by molar-refractivity contribution is -0.154. The van der Waals surface area contributed by atoms with Crippen LogP contribution in [-0.2, 0) is 23.9 Å². The van der Waals surface area contributed by atoms with Crippen LogP contribution >= 0.6 is 15.9 Å². The maximum atomic E-state index is 14.6. The van der Waals surface area contributed by atoms with E-state index >= 15 is 0 Å². The first kappa shape index (κ1) is 29.3. The number of carbonyl (C=O) groups excluding carboxylic acids is 3. The van der Waals surface area contributed by atoms with E-state index in [1.54, 1.807) is 42.4 Å². The van der Waals surface area contributed by atoms with E-state index in [1.165, 1.54) is 11.0 Å². The van der Waals surface area contributed by atoms with Crippen LogP contribution in [0.5, 0.6) is 5.75 Å². The van der Waals surface area contributed by atoms with Crippen molar-refractivity contribution in [2.75, 3.05) is 31.8 Å². The zero-order valence-electron chi connectivity index (χ0n) is 22.6. The van der Waals surface area contributed by atoms with Gasteiger partial charge in [0.1, 0.15) is 24.0 Å². The summed E-state index contributed by atoms with van der Waals surface area (Å²) in [4.78, 5) is 44.8. The van der Waals surface area contributed by atoms with Gasteiger partial charge >= 0.3 is 5.97 Å². The number of alkyl halides is 1. The summed E-state index contributed by atoms with van der Waals surface area (Å²) >= 11 is 3.66. The number of hydrogen-bond acceptors (Lipinski definition) is 7. The number of likely N-dealkylation sites (tertiary alicyclic amines) is 1. The Bertz CT molecular complexity index is 1110. The number of hydrogen-bond donors (Lipinski definition) is 1. The number of aliphatic hydroxyl groups is 1. The first-order valence-electron chi connectivity index (χ1n) is 13.2. The number of ether oxygens (including phenoxy) is 3. The Balaban J connectivity index is 1.82. The number of fused-ring (bicyclic) bond motifs is 1. The van der Waals surface area contributed by atoms with Crippen LogP contribution in [0.3, 0.4) is 0 Å². The molecule has 10 heteroatoms. The van der Waals surface area contributed by atoms with Crippen LogP contribution in [0, 0.1) is 17.8 Å². The summed E-state index contributed by atoms with van der Waals surface area (Å²) in [7, 11) is 1.56. The Morgan fingerprint density at radius 3 is 2.54 bits per heavy atom. The largest absolute Gasteiger partial charge is 0.497 e. The lowest BCUT2D eigenvalue weighted by Crippen LogP contribution is -2.59. The van der Waals surface area contributed by atoms with E-state index in [2.05, 4.69) is 29.1 Å². The smallest absolute Gasteiger partial charge is 0.312 e. The summed E-state index contributed by atoms with van der Waals surface area (Å²) in [5.74, 6) is -2.31. The average molecular weight is 606 g/mol. The van der Waals surface area contributed by atoms with Crippen molar-refractivity contribution in [2.24, 2.45) is 17.8 Å². The van der Waals surface area contributed by atoms with Gasteiger partial charge in [0.2, 0.25) is 5.91 Å². The number of anilines is 1. The molecule has 4 rings (SSSR count). The third-order valence-corrected chi connectivity index (χ3v) is 8.73. The van der Waals surface area contributed by atoms with E-state index in [0.29, 0.717) is 24.3 Å². The molecule has 3 saturated heterocycles. The molecule has 1 spiro atoms. The molecule has 3 unspecified atom stereocenters. The van der Waals surface area contributed by atoms with Crippen LogP contribution in [0.1, 0.15) is 26.7 Å². The zero-order chi connectivity index (χ0) is 28.5. The average Bonchev–Trinajstić information content (AvgIpc) is 3.52. The lowest BCUT2D eigenvalue weighted by Gasteiger charge is -2.39. The van der Waals surface area contributed by atoms with E-state index in [9.17, 15) is 19.5 Å². The predicted octanol–water partition coefficient (Wildman–Crippen LogP) is 3.10. The van der Waals surface area contributed by atoms with E-state index in [4.69, 9.17) is 14.2 Å². The molecule has 7 atom stereocenters. The molecule has 1 aromatic carbocycles. The molecule has 1 aromatic rings. The fourth-order valence-corrected chi connectivity index (χ4v) is 7.37. The van der Waals surface area contributed by atoms with Crippen molar-refractivity contribution >= 4 is 39.4 Å². The van der Waals surface area contributed by atoms with E-state index in [1.807, 2.05) is 13.8 Å². The lowest BCUT2D eigenvalue weighted by atomic mass is 9.70. The molecule has 9 nitrogen and oxygen atoms in total. The summed E-state index contributed by atoms with van der Waals surface area (Å²) in [6.45, 7) is 11.3. The Kier molecular flexibility index (Phi) is 8.88. The second kappa shape index (κ2) is 11.8. The zero-order valence-corrected chi connectivity index (χ0v) is 24.2. The normalized spacial score (nSPS) is 29.7. The van der Waals surface area contributed by atoms with Crippen LogP contribution in [0.25, 0.3) is 0 Å². The van der Waals surface area contributed by atoms with Gasteiger partial charge in [0.05, 0.1) is 37.7 Å². The van der Waals surface area contributed by atoms with E-state index < -0.39 is 41.6 Å². The third kappa shape index (κ3) is 5.02. The number of benzene rings is 1. The van der Waals surface area contributed by atoms with Crippen molar-refractivity contribution in [1.82, 2.24) is 4.90 Å². The number of rotatable bonds is 12. The maximum Gasteiger partial charge on any atom is 0.312 e. The summed E-state index contributed by atoms with van der Waals surface area (Å²) in [5.41, 5.74) is -0.663. The highest BCUT2D eigenvalue weighted by atomic mass is 79.9. The van der Waals surface area contributed by atoms with Crippen molar-refractivity contribution < 1.29 is 33.7 Å². The second-order valence-electron chi connectivity index (χ2n) is 10.7. The number of carbonyl (C=O) groups is 3. The molecule has 2 bridgehead atoms. The minimum Gasteiger partial charge on any atom is -0.497 e. The number of nitrogens with zero attached hydrogens (tertiary/aromatic N) is 2. The van der Waals surface area contributed by atoms with Gasteiger partial charge in [-0.3, -0.25) is 14.4 Å². The molecule has 1 N–H and O–H groups in total. The van der Waals surface area contributed by atoms with Crippen molar-refractivity contribution in [1.29, 1.82) is 0 Å². The molecule has 212 valence electrons. The number of methoxy groups -OCH3 is 1. The maximum absolute atomic E-state index is 14.6. The Morgan fingerprint density at radius 2 is 1.97 bits per heavy atom. The molecular weight excluding hydrogens is 568 g/mol. The van der Waals surface area contributed by atoms with Gasteiger partial charge in [-0.1, -0.05) is 48.5 Å². The molecular formula is C29H37BrN2O7. The van der Waals surface area contributed by atoms with Gasteiger partial charge in [0.15, 0.2) is 0 Å². The second-order valence-corrected chi connectivity index (χ2v) is 11.9. The van der Waals surface area contributed by atoms with Crippen LogP contribution in [0.15, 0.2) is 49.6 Å². The van der Waals surface area contributed by atoms with Gasteiger partial charge in [0.25, 0.3) is 5.91 Å². The fourth-order valence-electron chi connectivity index (χ4n) is 6.43. The number of esters is 1. The molecule has 3 heterocycles. The molecule has 0 radical (unpaired) electrons. The molecule has 3 aliphatic heterocycles. The summed E-state index contributed by atoms with van der Waals surface area (Å²) in [5, 5.41) is 10.4. The molecule has 0 saturated carbocycles. The van der Waals surface area contributed by atoms with Crippen molar-refractivity contribution in [3.05, 3.63) is 49.6 Å². The molecule has 2 amide bonds. The van der Waals surface area contributed by atoms with Crippen molar-refractivity contribution in [2.45, 2.75) is 55.3 Å². The van der Waals surface area contributed by atoms with Gasteiger partial charge in [0, 0.05) is 17.1 Å². The van der Waals surface area contributed by atoms with Crippen molar-refractivity contribution in [3.63, 3.8) is 0 Å². The van der Waals surface area contributed by atoms with Gasteiger partial charge in [-0.15, -0.1) is 6.58 Å². The molecule has 0 aromatic heterocycles. The fraction of sp³-hybridized carbons (Fsp3) is 0.552. The Labute approximate surface area is 237 Å². The Hall–Kier alpha value is -2.69. The molecule has 0 aliphatic carbocycles. The number of amides is 2. The summed E-state index contributed by atoms with van der Waals surface area (Å²) in [6.07, 6.45) is 3.29. The first-order valence-corrected chi connectivity index (χ1v) is 14.1. The first-order chi connectivity index (χ1) is 18.6. The van der Waals surface area contributed by atoms with Crippen LogP contribution in [0.4, 0.5) is 5.69 Å². The number of aliphatic hydroxyl groups excluding tert-OH is 1. The molecule has 3 fully saturated rings. The van der Waals surface area contributed by atoms with Crippen LogP contribution in [-0.4, -0.2) is 83.3 Å². The van der Waals surface area contributed by atoms with Crippen LogP contribution in [0.2, 0.25) is 0 Å². The van der Waals surface area contributed by atoms with Crippen molar-refractivity contribution in [3.8, 4) is 5.75 Å². The summed E-state index contributed by atoms with van der Waals surface area (Å²) in [6, 6.07) is 5.35. The molecule has 39 heavy (non-hydrogen) atoms. The molecule has 3 aliphatic rings. The van der Waals surface area contributed by atoms with Gasteiger partial charge < -0.3 is 29.1 Å². The van der Waals surface area contributed by atoms with E-state index in [0.717, 1.165) is 0 Å². The van der Waals surface area contributed by atoms with Gasteiger partial charge in [-0.05, 0) is 43.0 Å². The summed E-state index contributed by atoms with van der Waals surface area (Å²) < 4.78 is 17.2. The third-order valence-electron chi connectivity index (χ3n) is 7.89. The standard InChI is InChI=1S/C29H37BrN2O7/c1-6-12-31(18-8-10-20(37-5)11-9-18)27(35)25-29-15-21(30)24(39-29)22(28(36)38-13-7-2)23(29)26(34)32(25)19(16-33)14-17(3)4/h6-11,17,19,21-25,33H,1-2,12-16H2,3-5H3/t19-,21?,22-,23+,24-,25?,29?/m1/s1. The number of halogens is 1. The SMILES string of the molecule is C=CCOC(=O)[C@H]1[C@@H]2OC3(CC2Br)C(C(=O)N(CC=C)c2ccc(OC)cc2)N([C@@H](CO)CC(C)C)C(=O)[C@H]13. The van der Waals surface area contributed by atoms with Gasteiger partial charge in [-0.25, -0.2) is 0 Å². The highest BCUT2D eigenvalue weighted by molar-refractivity contribution is 9.09. The predicted molar refractivity (Wildman–Crippen MR) is 150 cm³/mol. The highest BCUT2D eigenvalue weighted by Crippen LogP contribution is 2.61. The Morgan fingerprint density at radius 1 is 1.28 bits per heavy atom. The monoisotopic (exact) mass is 604 g/mol. The minimum atomic E-state index is -1.26. The van der Waals surface area contributed by atoms with Gasteiger partial charge in [-0.2, -0.15) is 0 Å². The van der Waals surface area contributed by atoms with Crippen LogP contribution < -0.4 is 9.64 Å².